The fourth-order valence-corrected chi connectivity index (χ4v) is 7.15. The summed E-state index contributed by atoms with van der Waals surface area (Å²) in [6.45, 7) is 14.0. The van der Waals surface area contributed by atoms with Gasteiger partial charge in [-0.1, -0.05) is 59.3 Å². The first kappa shape index (κ1) is 22.6. The highest BCUT2D eigenvalue weighted by Crippen LogP contribution is 2.65. The Morgan fingerprint density at radius 2 is 1.71 bits per heavy atom. The number of carbonyl (C=O) groups excluding carboxylic acids is 2. The first-order valence-electron chi connectivity index (χ1n) is 12.4. The van der Waals surface area contributed by atoms with E-state index < -0.39 is 0 Å². The van der Waals surface area contributed by atoms with Crippen LogP contribution in [-0.4, -0.2) is 11.8 Å². The van der Waals surface area contributed by atoms with Crippen LogP contribution in [0.5, 0.6) is 0 Å². The molecule has 0 aromatic rings. The van der Waals surface area contributed by atoms with Crippen molar-refractivity contribution in [2.24, 2.45) is 46.3 Å². The molecule has 7 atom stereocenters. The van der Waals surface area contributed by atoms with E-state index >= 15 is 0 Å². The Morgan fingerprint density at radius 1 is 0.968 bits per heavy atom. The fraction of sp³-hybridized carbons (Fsp3) is 0.714. The lowest BCUT2D eigenvalue weighted by Crippen LogP contribution is -2.44. The van der Waals surface area contributed by atoms with Crippen LogP contribution in [0.15, 0.2) is 35.6 Å². The Balaban J connectivity index is 1.63. The largest absolute Gasteiger partial charge is 0.427 e. The first-order valence-corrected chi connectivity index (χ1v) is 12.4. The molecule has 0 N–H and O–H groups in total. The van der Waals surface area contributed by atoms with E-state index in [1.54, 1.807) is 6.08 Å². The third kappa shape index (κ3) is 3.76. The molecule has 170 valence electrons. The van der Waals surface area contributed by atoms with Gasteiger partial charge in [-0.25, -0.2) is 4.79 Å². The second-order valence-electron chi connectivity index (χ2n) is 11.6. The van der Waals surface area contributed by atoms with Crippen molar-refractivity contribution in [2.45, 2.75) is 80.1 Å². The van der Waals surface area contributed by atoms with Gasteiger partial charge in [0.25, 0.3) is 0 Å². The Bertz CT molecular complexity index is 846. The lowest BCUT2D eigenvalue weighted by molar-refractivity contribution is -0.136. The maximum Gasteiger partial charge on any atom is 0.335 e. The van der Waals surface area contributed by atoms with Gasteiger partial charge in [-0.05, 0) is 73.0 Å². The lowest BCUT2D eigenvalue weighted by atomic mass is 9.53. The van der Waals surface area contributed by atoms with E-state index in [4.69, 9.17) is 4.74 Å². The summed E-state index contributed by atoms with van der Waals surface area (Å²) in [7, 11) is 0. The SMILES string of the molecule is CC(C)C(C)C=CC(C)C1CCC2C3=CC(=O)OC4=CC(=O)CCC4(C)C3CCC21C. The third-order valence-electron chi connectivity index (χ3n) is 9.60. The van der Waals surface area contributed by atoms with Gasteiger partial charge < -0.3 is 4.74 Å². The summed E-state index contributed by atoms with van der Waals surface area (Å²) >= 11 is 0. The number of ketones is 1. The molecule has 3 heteroatoms. The van der Waals surface area contributed by atoms with Gasteiger partial charge in [-0.15, -0.1) is 0 Å². The summed E-state index contributed by atoms with van der Waals surface area (Å²) in [5, 5.41) is 0. The van der Waals surface area contributed by atoms with Crippen LogP contribution in [0.25, 0.3) is 0 Å². The molecule has 0 aromatic carbocycles. The minimum absolute atomic E-state index is 0.0848. The number of hydrogen-bond donors (Lipinski definition) is 0. The molecule has 0 bridgehead atoms. The molecule has 1 aliphatic heterocycles. The number of allylic oxidation sites excluding steroid dienone is 5. The molecule has 0 aromatic heterocycles. The molecule has 31 heavy (non-hydrogen) atoms. The fourth-order valence-electron chi connectivity index (χ4n) is 7.15. The minimum Gasteiger partial charge on any atom is -0.427 e. The molecule has 2 saturated carbocycles. The smallest absolute Gasteiger partial charge is 0.335 e. The summed E-state index contributed by atoms with van der Waals surface area (Å²) < 4.78 is 5.74. The molecular formula is C28H40O3. The van der Waals surface area contributed by atoms with Crippen molar-refractivity contribution in [3.05, 3.63) is 35.6 Å². The van der Waals surface area contributed by atoms with Gasteiger partial charge in [0, 0.05) is 24.0 Å². The number of carbonyl (C=O) groups is 2. The quantitative estimate of drug-likeness (QED) is 0.375. The van der Waals surface area contributed by atoms with Crippen LogP contribution < -0.4 is 0 Å². The van der Waals surface area contributed by atoms with E-state index in [-0.39, 0.29) is 22.6 Å². The van der Waals surface area contributed by atoms with Crippen LogP contribution in [0.4, 0.5) is 0 Å². The Labute approximate surface area is 188 Å². The number of ether oxygens (including phenoxy) is 1. The molecular weight excluding hydrogens is 384 g/mol. The van der Waals surface area contributed by atoms with Crippen LogP contribution in [0.2, 0.25) is 0 Å². The monoisotopic (exact) mass is 424 g/mol. The van der Waals surface area contributed by atoms with Gasteiger partial charge in [0.15, 0.2) is 5.78 Å². The van der Waals surface area contributed by atoms with Gasteiger partial charge in [0.2, 0.25) is 0 Å². The highest BCUT2D eigenvalue weighted by Gasteiger charge is 2.57. The minimum atomic E-state index is -0.281. The number of esters is 1. The van der Waals surface area contributed by atoms with E-state index in [2.05, 4.69) is 53.7 Å². The highest BCUT2D eigenvalue weighted by atomic mass is 16.5. The van der Waals surface area contributed by atoms with Gasteiger partial charge in [0.05, 0.1) is 0 Å². The van der Waals surface area contributed by atoms with Gasteiger partial charge in [-0.3, -0.25) is 4.79 Å². The van der Waals surface area contributed by atoms with Gasteiger partial charge in [-0.2, -0.15) is 0 Å². The van der Waals surface area contributed by atoms with Crippen LogP contribution >= 0.6 is 0 Å². The molecule has 0 spiro atoms. The molecule has 7 unspecified atom stereocenters. The predicted octanol–water partition coefficient (Wildman–Crippen LogP) is 6.65. The lowest BCUT2D eigenvalue weighted by Gasteiger charge is -2.51. The summed E-state index contributed by atoms with van der Waals surface area (Å²) in [5.74, 6) is 3.62. The predicted molar refractivity (Wildman–Crippen MR) is 124 cm³/mol. The zero-order chi connectivity index (χ0) is 22.6. The highest BCUT2D eigenvalue weighted by molar-refractivity contribution is 5.93. The zero-order valence-electron chi connectivity index (χ0n) is 20.2. The summed E-state index contributed by atoms with van der Waals surface area (Å²) in [6.07, 6.45) is 14.3. The van der Waals surface area contributed by atoms with Crippen LogP contribution in [0.1, 0.15) is 80.1 Å². The molecule has 4 aliphatic rings. The van der Waals surface area contributed by atoms with E-state index in [1.807, 2.05) is 6.08 Å². The van der Waals surface area contributed by atoms with E-state index in [0.29, 0.717) is 47.7 Å². The van der Waals surface area contributed by atoms with Crippen LogP contribution in [0.3, 0.4) is 0 Å². The zero-order valence-corrected chi connectivity index (χ0v) is 20.2. The van der Waals surface area contributed by atoms with Gasteiger partial charge in [0.1, 0.15) is 5.76 Å². The average molecular weight is 425 g/mol. The molecule has 3 nitrogen and oxygen atoms in total. The Morgan fingerprint density at radius 3 is 2.42 bits per heavy atom. The number of hydrogen-bond acceptors (Lipinski definition) is 3. The third-order valence-corrected chi connectivity index (χ3v) is 9.60. The molecule has 2 fully saturated rings. The molecule has 1 heterocycles. The molecule has 4 rings (SSSR count). The molecule has 0 amide bonds. The normalized spacial score (nSPS) is 39.8. The average Bonchev–Trinajstić information content (AvgIpc) is 3.01. The van der Waals surface area contributed by atoms with E-state index in [1.165, 1.54) is 18.4 Å². The summed E-state index contributed by atoms with van der Waals surface area (Å²) in [6, 6.07) is 0. The van der Waals surface area contributed by atoms with Crippen molar-refractivity contribution in [1.29, 1.82) is 0 Å². The van der Waals surface area contributed by atoms with Gasteiger partial charge >= 0.3 is 5.97 Å². The number of rotatable bonds is 4. The second kappa shape index (κ2) is 8.05. The van der Waals surface area contributed by atoms with Crippen molar-refractivity contribution in [3.8, 4) is 0 Å². The van der Waals surface area contributed by atoms with Crippen molar-refractivity contribution >= 4 is 11.8 Å². The van der Waals surface area contributed by atoms with E-state index in [0.717, 1.165) is 19.3 Å². The molecule has 0 radical (unpaired) electrons. The topological polar surface area (TPSA) is 43.4 Å². The summed E-state index contributed by atoms with van der Waals surface area (Å²) in [5.41, 5.74) is 1.31. The maximum atomic E-state index is 12.7. The first-order chi connectivity index (χ1) is 14.6. The van der Waals surface area contributed by atoms with Crippen molar-refractivity contribution < 1.29 is 14.3 Å². The van der Waals surface area contributed by atoms with Crippen molar-refractivity contribution in [3.63, 3.8) is 0 Å². The molecule has 3 aliphatic carbocycles. The van der Waals surface area contributed by atoms with Crippen LogP contribution in [0, 0.1) is 46.3 Å². The van der Waals surface area contributed by atoms with Crippen molar-refractivity contribution in [1.82, 2.24) is 0 Å². The van der Waals surface area contributed by atoms with Crippen molar-refractivity contribution in [2.75, 3.05) is 0 Å². The second-order valence-corrected chi connectivity index (χ2v) is 11.6. The molecule has 0 saturated heterocycles. The standard InChI is InChI=1S/C28H40O3/c1-17(2)18(3)7-8-19(4)22-9-10-23-21-16-26(30)31-25-15-20(29)11-13-28(25,6)24(21)12-14-27(22,23)5/h7-8,15-19,22-24H,9-14H2,1-6H3. The number of fused-ring (bicyclic) bond motifs is 5. The summed E-state index contributed by atoms with van der Waals surface area (Å²) in [4.78, 5) is 24.8. The Hall–Kier alpha value is -1.64. The van der Waals surface area contributed by atoms with Crippen LogP contribution in [-0.2, 0) is 14.3 Å². The Kier molecular flexibility index (Phi) is 5.85. The maximum absolute atomic E-state index is 12.7. The van der Waals surface area contributed by atoms with E-state index in [9.17, 15) is 9.59 Å².